The molecule has 0 N–H and O–H groups in total. The summed E-state index contributed by atoms with van der Waals surface area (Å²) >= 11 is 1.64. The molecule has 11 heteroatoms. The van der Waals surface area contributed by atoms with E-state index in [1.54, 1.807) is 27.9 Å². The second-order valence-electron chi connectivity index (χ2n) is 6.43. The molecule has 0 aliphatic rings. The fourth-order valence-electron chi connectivity index (χ4n) is 2.82. The van der Waals surface area contributed by atoms with Gasteiger partial charge in [0.2, 0.25) is 0 Å². The Morgan fingerprint density at radius 3 is 2.64 bits per heavy atom. The smallest absolute Gasteiger partial charge is 0.342 e. The molecule has 3 heterocycles. The zero-order chi connectivity index (χ0) is 20.1. The van der Waals surface area contributed by atoms with Crippen LogP contribution in [-0.2, 0) is 19.5 Å². The van der Waals surface area contributed by atoms with E-state index in [-0.39, 0.29) is 5.82 Å². The largest absolute Gasteiger partial charge is 0.358 e. The van der Waals surface area contributed by atoms with Crippen LogP contribution in [0.3, 0.4) is 0 Å². The third-order valence-corrected chi connectivity index (χ3v) is 5.06. The lowest BCUT2D eigenvalue weighted by atomic mass is 10.3. The predicted octanol–water partition coefficient (Wildman–Crippen LogP) is 2.52. The summed E-state index contributed by atoms with van der Waals surface area (Å²) in [4.78, 5) is 23.5. The van der Waals surface area contributed by atoms with E-state index in [1.807, 2.05) is 26.1 Å². The van der Waals surface area contributed by atoms with Crippen molar-refractivity contribution in [3.05, 3.63) is 51.5 Å². The summed E-state index contributed by atoms with van der Waals surface area (Å²) in [5.74, 6) is 1.50. The van der Waals surface area contributed by atoms with E-state index < -0.39 is 4.92 Å². The van der Waals surface area contributed by atoms with E-state index in [1.165, 1.54) is 6.20 Å². The lowest BCUT2D eigenvalue weighted by molar-refractivity contribution is -0.392. The second-order valence-corrected chi connectivity index (χ2v) is 7.49. The molecule has 3 rings (SSSR count). The first kappa shape index (κ1) is 19.9. The summed E-state index contributed by atoms with van der Waals surface area (Å²) in [6, 6.07) is 1.96. The number of imidazole rings is 1. The Morgan fingerprint density at radius 1 is 1.18 bits per heavy atom. The van der Waals surface area contributed by atoms with Crippen molar-refractivity contribution >= 4 is 17.6 Å². The van der Waals surface area contributed by atoms with E-state index in [0.717, 1.165) is 40.8 Å². The number of thioether (sulfide) groups is 1. The molecular formula is C17H22N8O2S. The van der Waals surface area contributed by atoms with Crippen LogP contribution in [-0.4, -0.2) is 45.2 Å². The Bertz CT molecular complexity index is 948. The van der Waals surface area contributed by atoms with E-state index in [0.29, 0.717) is 18.9 Å². The van der Waals surface area contributed by atoms with Crippen LogP contribution in [0.15, 0.2) is 23.6 Å². The summed E-state index contributed by atoms with van der Waals surface area (Å²) in [7, 11) is 0. The summed E-state index contributed by atoms with van der Waals surface area (Å²) in [5.41, 5.74) is 2.86. The highest BCUT2D eigenvalue weighted by Crippen LogP contribution is 2.16. The number of aryl methyl sites for hydroxylation is 5. The molecule has 0 aliphatic carbocycles. The molecular weight excluding hydrogens is 380 g/mol. The van der Waals surface area contributed by atoms with Gasteiger partial charge < -0.3 is 10.1 Å². The minimum atomic E-state index is -0.427. The van der Waals surface area contributed by atoms with Crippen LogP contribution in [0.1, 0.15) is 29.3 Å². The number of hydrogen-bond donors (Lipinski definition) is 0. The first-order chi connectivity index (χ1) is 13.4. The van der Waals surface area contributed by atoms with Crippen molar-refractivity contribution < 1.29 is 4.92 Å². The molecule has 28 heavy (non-hydrogen) atoms. The van der Waals surface area contributed by atoms with E-state index in [9.17, 15) is 10.1 Å². The molecule has 0 fully saturated rings. The van der Waals surface area contributed by atoms with Gasteiger partial charge in [-0.2, -0.15) is 0 Å². The summed E-state index contributed by atoms with van der Waals surface area (Å²) in [5, 5.41) is 20.1. The summed E-state index contributed by atoms with van der Waals surface area (Å²) < 4.78 is 3.28. The molecule has 10 nitrogen and oxygen atoms in total. The average Bonchev–Trinajstić information content (AvgIpc) is 3.22. The van der Waals surface area contributed by atoms with Gasteiger partial charge in [0.1, 0.15) is 12.7 Å². The Hall–Kier alpha value is -2.82. The summed E-state index contributed by atoms with van der Waals surface area (Å²) in [6.45, 7) is 6.60. The zero-order valence-electron chi connectivity index (χ0n) is 16.1. The summed E-state index contributed by atoms with van der Waals surface area (Å²) in [6.07, 6.45) is 4.91. The number of rotatable bonds is 9. The van der Waals surface area contributed by atoms with Gasteiger partial charge in [0.25, 0.3) is 0 Å². The molecule has 0 amide bonds. The molecule has 0 saturated carbocycles. The van der Waals surface area contributed by atoms with Crippen LogP contribution >= 0.6 is 11.8 Å². The molecule has 0 spiro atoms. The van der Waals surface area contributed by atoms with Gasteiger partial charge >= 0.3 is 5.82 Å². The fraction of sp³-hybridized carbons (Fsp3) is 0.471. The minimum absolute atomic E-state index is 0.0107. The number of nitro groups is 1. The first-order valence-corrected chi connectivity index (χ1v) is 9.91. The topological polar surface area (TPSA) is 117 Å². The third kappa shape index (κ3) is 5.12. The van der Waals surface area contributed by atoms with Gasteiger partial charge in [-0.15, -0.1) is 5.10 Å². The molecule has 0 aromatic carbocycles. The lowest BCUT2D eigenvalue weighted by Crippen LogP contribution is -2.11. The maximum absolute atomic E-state index is 11.0. The Morgan fingerprint density at radius 2 is 1.93 bits per heavy atom. The predicted molar refractivity (Wildman–Crippen MR) is 104 cm³/mol. The van der Waals surface area contributed by atoms with Crippen LogP contribution in [0.2, 0.25) is 0 Å². The molecule has 0 saturated heterocycles. The van der Waals surface area contributed by atoms with Gasteiger partial charge in [-0.1, -0.05) is 17.0 Å². The lowest BCUT2D eigenvalue weighted by Gasteiger charge is -2.03. The fourth-order valence-corrected chi connectivity index (χ4v) is 3.71. The normalized spacial score (nSPS) is 11.1. The molecule has 0 atom stereocenters. The molecule has 0 radical (unpaired) electrons. The van der Waals surface area contributed by atoms with Gasteiger partial charge in [-0.3, -0.25) is 0 Å². The van der Waals surface area contributed by atoms with Crippen LogP contribution in [0.5, 0.6) is 0 Å². The van der Waals surface area contributed by atoms with E-state index in [2.05, 4.69) is 25.3 Å². The number of hydrogen-bond acceptors (Lipinski definition) is 8. The highest BCUT2D eigenvalue weighted by molar-refractivity contribution is 7.99. The van der Waals surface area contributed by atoms with Gasteiger partial charge in [-0.25, -0.2) is 24.2 Å². The van der Waals surface area contributed by atoms with Gasteiger partial charge in [0.15, 0.2) is 11.0 Å². The van der Waals surface area contributed by atoms with Gasteiger partial charge in [0, 0.05) is 30.3 Å². The van der Waals surface area contributed by atoms with Gasteiger partial charge in [-0.05, 0) is 37.7 Å². The second kappa shape index (κ2) is 8.91. The van der Waals surface area contributed by atoms with Crippen molar-refractivity contribution in [2.24, 2.45) is 0 Å². The Kier molecular flexibility index (Phi) is 6.34. The molecule has 0 unspecified atom stereocenters. The van der Waals surface area contributed by atoms with Crippen LogP contribution in [0, 0.1) is 30.9 Å². The zero-order valence-corrected chi connectivity index (χ0v) is 16.9. The standard InChI is InChI=1S/C17H22N8O2S/c1-12-9-13(2)20-17(19-12)28-8-4-5-15-11-23(22-21-15)6-7-24-14(3)18-10-16(24)25(26)27/h9-11H,4-8H2,1-3H3. The highest BCUT2D eigenvalue weighted by atomic mass is 32.2. The van der Waals surface area contributed by atoms with Crippen molar-refractivity contribution in [2.45, 2.75) is 51.9 Å². The van der Waals surface area contributed by atoms with Crippen molar-refractivity contribution in [2.75, 3.05) is 5.75 Å². The molecule has 3 aromatic heterocycles. The third-order valence-electron chi connectivity index (χ3n) is 4.13. The monoisotopic (exact) mass is 402 g/mol. The average molecular weight is 402 g/mol. The molecule has 3 aromatic rings. The quantitative estimate of drug-likeness (QED) is 0.176. The van der Waals surface area contributed by atoms with Crippen molar-refractivity contribution in [3.63, 3.8) is 0 Å². The van der Waals surface area contributed by atoms with Crippen molar-refractivity contribution in [3.8, 4) is 0 Å². The maximum atomic E-state index is 11.0. The molecule has 148 valence electrons. The minimum Gasteiger partial charge on any atom is -0.358 e. The SMILES string of the molecule is Cc1cc(C)nc(SCCCc2cn(CCn3c([N+](=O)[O-])cnc3C)nn2)n1. The van der Waals surface area contributed by atoms with Crippen LogP contribution in [0.25, 0.3) is 0 Å². The Balaban J connectivity index is 1.47. The van der Waals surface area contributed by atoms with Crippen molar-refractivity contribution in [1.82, 2.24) is 34.5 Å². The van der Waals surface area contributed by atoms with E-state index in [4.69, 9.17) is 0 Å². The number of nitrogens with zero attached hydrogens (tertiary/aromatic N) is 8. The number of aromatic nitrogens is 7. The Labute approximate surface area is 166 Å². The first-order valence-electron chi connectivity index (χ1n) is 8.93. The molecule has 0 aliphatic heterocycles. The van der Waals surface area contributed by atoms with E-state index >= 15 is 0 Å². The van der Waals surface area contributed by atoms with Crippen molar-refractivity contribution in [1.29, 1.82) is 0 Å². The maximum Gasteiger partial charge on any atom is 0.342 e. The highest BCUT2D eigenvalue weighted by Gasteiger charge is 2.17. The van der Waals surface area contributed by atoms with Crippen LogP contribution in [0.4, 0.5) is 5.82 Å². The molecule has 0 bridgehead atoms. The van der Waals surface area contributed by atoms with Gasteiger partial charge in [0.05, 0.1) is 12.2 Å². The van der Waals surface area contributed by atoms with Crippen LogP contribution < -0.4 is 0 Å².